The monoisotopic (exact) mass is 321 g/mol. The van der Waals surface area contributed by atoms with E-state index in [4.69, 9.17) is 0 Å². The fourth-order valence-corrected chi connectivity index (χ4v) is 3.28. The highest BCUT2D eigenvalue weighted by Crippen LogP contribution is 2.28. The van der Waals surface area contributed by atoms with E-state index in [9.17, 15) is 4.79 Å². The summed E-state index contributed by atoms with van der Waals surface area (Å²) in [4.78, 5) is 21.3. The zero-order valence-electron chi connectivity index (χ0n) is 13.6. The molecule has 5 rings (SSSR count). The van der Waals surface area contributed by atoms with Crippen LogP contribution in [0.3, 0.4) is 0 Å². The summed E-state index contributed by atoms with van der Waals surface area (Å²) in [7, 11) is 0. The second kappa shape index (κ2) is 6.03. The van der Waals surface area contributed by atoms with Crippen molar-refractivity contribution in [2.75, 3.05) is 18.0 Å². The van der Waals surface area contributed by atoms with Crippen LogP contribution >= 0.6 is 0 Å². The van der Waals surface area contributed by atoms with Gasteiger partial charge in [-0.2, -0.15) is 5.10 Å². The summed E-state index contributed by atoms with van der Waals surface area (Å²) in [6.07, 6.45) is 4.72. The van der Waals surface area contributed by atoms with Gasteiger partial charge in [0.1, 0.15) is 0 Å². The Morgan fingerprint density at radius 1 is 1.21 bits per heavy atom. The summed E-state index contributed by atoms with van der Waals surface area (Å²) >= 11 is 0. The van der Waals surface area contributed by atoms with Gasteiger partial charge in [-0.05, 0) is 37.6 Å². The zero-order valence-corrected chi connectivity index (χ0v) is 13.6. The molecule has 122 valence electrons. The van der Waals surface area contributed by atoms with Gasteiger partial charge in [-0.3, -0.25) is 9.78 Å². The number of carbonyl (C=O) groups excluding carboxylic acids is 1. The number of aryl methyl sites for hydroxylation is 1. The average Bonchev–Trinajstić information content (AvgIpc) is 2.89. The lowest BCUT2D eigenvalue weighted by Gasteiger charge is -2.32. The number of amides is 1. The molecule has 24 heavy (non-hydrogen) atoms. The number of fused-ring (bicyclic) bond motifs is 4. The molecular formula is C18H19N5O. The van der Waals surface area contributed by atoms with E-state index in [-0.39, 0.29) is 11.9 Å². The van der Waals surface area contributed by atoms with Crippen LogP contribution in [0.1, 0.15) is 17.8 Å². The Morgan fingerprint density at radius 2 is 2.12 bits per heavy atom. The molecule has 0 saturated carbocycles. The number of carbonyl (C=O) groups is 1. The molecule has 5 heterocycles. The standard InChI is InChI=1S/C18H19N5O/c1-13-5-8-17(21-20-13)22-10-14-6-7-16(12-22)23(18(14)24)11-15-4-2-3-9-19-15/h2-6,8-9,16H,7,10-12H2,1H3. The van der Waals surface area contributed by atoms with Crippen molar-refractivity contribution in [2.45, 2.75) is 25.9 Å². The van der Waals surface area contributed by atoms with Crippen molar-refractivity contribution in [2.24, 2.45) is 0 Å². The van der Waals surface area contributed by atoms with E-state index in [2.05, 4.69) is 26.2 Å². The molecular weight excluding hydrogens is 302 g/mol. The summed E-state index contributed by atoms with van der Waals surface area (Å²) in [5, 5.41) is 8.42. The van der Waals surface area contributed by atoms with Gasteiger partial charge in [-0.15, -0.1) is 5.10 Å². The minimum Gasteiger partial charge on any atom is -0.349 e. The molecule has 6 heteroatoms. The quantitative estimate of drug-likeness (QED) is 0.861. The molecule has 3 aliphatic heterocycles. The van der Waals surface area contributed by atoms with Crippen molar-refractivity contribution in [3.63, 3.8) is 0 Å². The summed E-state index contributed by atoms with van der Waals surface area (Å²) in [6.45, 7) is 3.82. The van der Waals surface area contributed by atoms with Crippen molar-refractivity contribution in [1.82, 2.24) is 20.1 Å². The van der Waals surface area contributed by atoms with Crippen molar-refractivity contribution in [1.29, 1.82) is 0 Å². The smallest absolute Gasteiger partial charge is 0.251 e. The largest absolute Gasteiger partial charge is 0.349 e. The molecule has 3 aliphatic rings. The molecule has 0 N–H and O–H groups in total. The second-order valence-corrected chi connectivity index (χ2v) is 6.29. The molecule has 0 aromatic carbocycles. The Morgan fingerprint density at radius 3 is 2.88 bits per heavy atom. The summed E-state index contributed by atoms with van der Waals surface area (Å²) in [5.41, 5.74) is 2.64. The first-order valence-corrected chi connectivity index (χ1v) is 8.16. The molecule has 1 atom stereocenters. The molecule has 2 aromatic rings. The van der Waals surface area contributed by atoms with Crippen molar-refractivity contribution >= 4 is 11.7 Å². The van der Waals surface area contributed by atoms with E-state index >= 15 is 0 Å². The van der Waals surface area contributed by atoms with Gasteiger partial charge >= 0.3 is 0 Å². The van der Waals surface area contributed by atoms with Crippen LogP contribution in [0.4, 0.5) is 5.82 Å². The van der Waals surface area contributed by atoms with E-state index in [0.29, 0.717) is 13.1 Å². The summed E-state index contributed by atoms with van der Waals surface area (Å²) < 4.78 is 0. The first kappa shape index (κ1) is 14.8. The van der Waals surface area contributed by atoms with E-state index in [1.807, 2.05) is 42.2 Å². The zero-order chi connectivity index (χ0) is 16.5. The van der Waals surface area contributed by atoms with Crippen molar-refractivity contribution in [3.8, 4) is 0 Å². The van der Waals surface area contributed by atoms with Gasteiger partial charge in [0.15, 0.2) is 5.82 Å². The SMILES string of the molecule is Cc1ccc(N2CC3=CCC(C2)N(Cc2ccccn2)C3=O)nn1. The molecule has 2 aromatic heterocycles. The van der Waals surface area contributed by atoms with Gasteiger partial charge in [0.2, 0.25) is 0 Å². The highest BCUT2D eigenvalue weighted by molar-refractivity contribution is 5.96. The van der Waals surface area contributed by atoms with Gasteiger partial charge in [0, 0.05) is 24.9 Å². The summed E-state index contributed by atoms with van der Waals surface area (Å²) in [5.74, 6) is 0.936. The Kier molecular flexibility index (Phi) is 3.72. The maximum absolute atomic E-state index is 12.8. The predicted molar refractivity (Wildman–Crippen MR) is 90.3 cm³/mol. The second-order valence-electron chi connectivity index (χ2n) is 6.29. The molecule has 1 fully saturated rings. The molecule has 0 spiro atoms. The van der Waals surface area contributed by atoms with Gasteiger partial charge in [-0.1, -0.05) is 12.1 Å². The lowest BCUT2D eigenvalue weighted by atomic mass is 10.0. The maximum atomic E-state index is 12.8. The lowest BCUT2D eigenvalue weighted by molar-refractivity contribution is -0.130. The molecule has 1 unspecified atom stereocenters. The van der Waals surface area contributed by atoms with Crippen LogP contribution in [0.15, 0.2) is 48.2 Å². The highest BCUT2D eigenvalue weighted by Gasteiger charge is 2.36. The number of rotatable bonds is 3. The maximum Gasteiger partial charge on any atom is 0.251 e. The van der Waals surface area contributed by atoms with Crippen LogP contribution in [-0.2, 0) is 11.3 Å². The Hall–Kier alpha value is -2.76. The van der Waals surface area contributed by atoms with Crippen LogP contribution in [0, 0.1) is 6.92 Å². The van der Waals surface area contributed by atoms with E-state index in [0.717, 1.165) is 35.7 Å². The molecule has 6 nitrogen and oxygen atoms in total. The van der Waals surface area contributed by atoms with Gasteiger partial charge in [0.25, 0.3) is 5.91 Å². The minimum atomic E-state index is 0.111. The Labute approximate surface area is 140 Å². The Bertz CT molecular complexity index is 772. The molecule has 2 bridgehead atoms. The topological polar surface area (TPSA) is 62.2 Å². The first-order valence-electron chi connectivity index (χ1n) is 8.16. The number of anilines is 1. The van der Waals surface area contributed by atoms with Crippen LogP contribution in [0.2, 0.25) is 0 Å². The molecule has 0 aliphatic carbocycles. The number of hydrogen-bond acceptors (Lipinski definition) is 5. The van der Waals surface area contributed by atoms with Gasteiger partial charge in [0.05, 0.1) is 24.0 Å². The van der Waals surface area contributed by atoms with Crippen LogP contribution in [0.5, 0.6) is 0 Å². The average molecular weight is 321 g/mol. The normalized spacial score (nSPS) is 20.1. The van der Waals surface area contributed by atoms with E-state index < -0.39 is 0 Å². The highest BCUT2D eigenvalue weighted by atomic mass is 16.2. The fraction of sp³-hybridized carbons (Fsp3) is 0.333. The molecule has 1 amide bonds. The number of pyridine rings is 1. The van der Waals surface area contributed by atoms with Crippen LogP contribution in [0.25, 0.3) is 0 Å². The molecule has 0 radical (unpaired) electrons. The third-order valence-corrected chi connectivity index (χ3v) is 4.57. The van der Waals surface area contributed by atoms with Crippen molar-refractivity contribution < 1.29 is 4.79 Å². The van der Waals surface area contributed by atoms with Crippen LogP contribution in [-0.4, -0.2) is 45.1 Å². The minimum absolute atomic E-state index is 0.111. The summed E-state index contributed by atoms with van der Waals surface area (Å²) in [6, 6.07) is 9.87. The number of aromatic nitrogens is 3. The van der Waals surface area contributed by atoms with Gasteiger partial charge < -0.3 is 9.80 Å². The van der Waals surface area contributed by atoms with Gasteiger partial charge in [-0.25, -0.2) is 0 Å². The van der Waals surface area contributed by atoms with Crippen molar-refractivity contribution in [3.05, 3.63) is 59.6 Å². The predicted octanol–water partition coefficient (Wildman–Crippen LogP) is 1.73. The Balaban J connectivity index is 1.59. The van der Waals surface area contributed by atoms with Crippen LogP contribution < -0.4 is 4.90 Å². The third kappa shape index (κ3) is 2.75. The van der Waals surface area contributed by atoms with E-state index in [1.54, 1.807) is 6.20 Å². The number of hydrogen-bond donors (Lipinski definition) is 0. The molecule has 1 saturated heterocycles. The first-order chi connectivity index (χ1) is 11.7. The van der Waals surface area contributed by atoms with E-state index in [1.165, 1.54) is 0 Å². The lowest BCUT2D eigenvalue weighted by Crippen LogP contribution is -2.44. The third-order valence-electron chi connectivity index (χ3n) is 4.57. The number of nitrogens with zero attached hydrogens (tertiary/aromatic N) is 5. The fourth-order valence-electron chi connectivity index (χ4n) is 3.28.